The molecule has 0 spiro atoms. The predicted molar refractivity (Wildman–Crippen MR) is 227 cm³/mol. The second-order valence-electron chi connectivity index (χ2n) is 16.3. The van der Waals surface area contributed by atoms with Crippen LogP contribution in [0.2, 0.25) is 10.0 Å². The van der Waals surface area contributed by atoms with Crippen LogP contribution < -0.4 is 20.3 Å². The summed E-state index contributed by atoms with van der Waals surface area (Å²) in [7, 11) is 3.40. The Balaban J connectivity index is 1.17. The Hall–Kier alpha value is -5.67. The molecule has 17 heteroatoms. The highest BCUT2D eigenvalue weighted by Crippen LogP contribution is 2.44. The number of carbonyl (C=O) groups excluding carboxylic acids is 3. The first kappa shape index (κ1) is 42.5. The third kappa shape index (κ3) is 9.21. The minimum absolute atomic E-state index is 0.0232. The Bertz CT molecular complexity index is 2320. The van der Waals surface area contributed by atoms with Crippen molar-refractivity contribution in [3.8, 4) is 39.5 Å². The van der Waals surface area contributed by atoms with Crippen molar-refractivity contribution in [2.45, 2.75) is 83.1 Å². The Morgan fingerprint density at radius 1 is 0.867 bits per heavy atom. The van der Waals surface area contributed by atoms with Crippen molar-refractivity contribution in [3.05, 3.63) is 76.0 Å². The van der Waals surface area contributed by atoms with Crippen LogP contribution in [0.15, 0.2) is 54.7 Å². The first-order valence-electron chi connectivity index (χ1n) is 19.9. The number of hydrogen-bond acceptors (Lipinski definition) is 10. The number of pyridine rings is 1. The summed E-state index contributed by atoms with van der Waals surface area (Å²) in [6, 6.07) is 14.3. The molecule has 316 valence electrons. The van der Waals surface area contributed by atoms with Crippen LogP contribution in [0.1, 0.15) is 70.2 Å². The van der Waals surface area contributed by atoms with Gasteiger partial charge in [0.2, 0.25) is 17.7 Å². The van der Waals surface area contributed by atoms with E-state index in [0.29, 0.717) is 100 Å². The molecular formula is C43H48Cl2N8O7. The van der Waals surface area contributed by atoms with Crippen LogP contribution in [0.4, 0.5) is 15.4 Å². The lowest BCUT2D eigenvalue weighted by Gasteiger charge is -2.40. The number of ether oxygens (including phenoxy) is 2. The van der Waals surface area contributed by atoms with Crippen LogP contribution in [0, 0.1) is 0 Å². The number of anilines is 1. The fourth-order valence-corrected chi connectivity index (χ4v) is 8.57. The van der Waals surface area contributed by atoms with Gasteiger partial charge in [0, 0.05) is 79.4 Å². The number of nitrogens with one attached hydrogen (secondary N) is 2. The van der Waals surface area contributed by atoms with Crippen molar-refractivity contribution in [3.63, 3.8) is 0 Å². The van der Waals surface area contributed by atoms with Gasteiger partial charge in [-0.3, -0.25) is 19.5 Å². The molecule has 2 aromatic carbocycles. The molecule has 5 heterocycles. The molecule has 0 bridgehead atoms. The molecule has 2 aromatic heterocycles. The highest BCUT2D eigenvalue weighted by molar-refractivity contribution is 6.39. The van der Waals surface area contributed by atoms with E-state index in [1.165, 1.54) is 18.2 Å². The van der Waals surface area contributed by atoms with Crippen molar-refractivity contribution in [1.82, 2.24) is 35.4 Å². The highest BCUT2D eigenvalue weighted by atomic mass is 35.5. The Kier molecular flexibility index (Phi) is 12.4. The minimum Gasteiger partial charge on any atom is -0.480 e. The van der Waals surface area contributed by atoms with Crippen LogP contribution in [-0.2, 0) is 20.9 Å². The van der Waals surface area contributed by atoms with E-state index in [4.69, 9.17) is 37.7 Å². The number of methoxy groups -OCH3 is 1. The van der Waals surface area contributed by atoms with Gasteiger partial charge in [-0.05, 0) is 46.1 Å². The predicted octanol–water partition coefficient (Wildman–Crippen LogP) is 7.34. The SMILES string of the molecule is COc1nc(-c2cccc(-c3cccc(-c4ccc5c(n4)N(C)CCC5N(CC4CCC(=O)N4)C(=O)OC(C)(C)C)c3Cl)c2Cl)cnc1CN(CC1CCC(=O)N1)C(=O)O. The van der Waals surface area contributed by atoms with Crippen LogP contribution in [-0.4, -0.2) is 105 Å². The van der Waals surface area contributed by atoms with Gasteiger partial charge in [-0.1, -0.05) is 65.7 Å². The fraction of sp³-hybridized carbons (Fsp3) is 0.419. The molecule has 3 N–H and O–H groups in total. The maximum atomic E-state index is 13.7. The molecule has 4 aromatic rings. The maximum Gasteiger partial charge on any atom is 0.410 e. The van der Waals surface area contributed by atoms with E-state index >= 15 is 0 Å². The van der Waals surface area contributed by atoms with Gasteiger partial charge in [0.15, 0.2) is 0 Å². The monoisotopic (exact) mass is 858 g/mol. The number of halogens is 2. The van der Waals surface area contributed by atoms with Crippen LogP contribution in [0.3, 0.4) is 0 Å². The number of hydrogen-bond donors (Lipinski definition) is 3. The van der Waals surface area contributed by atoms with Gasteiger partial charge in [-0.2, -0.15) is 0 Å². The number of benzene rings is 2. The van der Waals surface area contributed by atoms with E-state index in [-0.39, 0.29) is 48.9 Å². The zero-order valence-corrected chi connectivity index (χ0v) is 35.6. The summed E-state index contributed by atoms with van der Waals surface area (Å²) in [5, 5.41) is 16.5. The topological polar surface area (TPSA) is 179 Å². The van der Waals surface area contributed by atoms with E-state index < -0.39 is 17.8 Å². The molecule has 3 aliphatic rings. The van der Waals surface area contributed by atoms with Gasteiger partial charge in [0.05, 0.1) is 47.3 Å². The second kappa shape index (κ2) is 17.5. The van der Waals surface area contributed by atoms with Crippen molar-refractivity contribution >= 4 is 53.0 Å². The van der Waals surface area contributed by atoms with Gasteiger partial charge in [-0.15, -0.1) is 0 Å². The lowest BCUT2D eigenvalue weighted by atomic mass is 9.95. The number of amides is 4. The van der Waals surface area contributed by atoms with E-state index in [2.05, 4.69) is 25.5 Å². The summed E-state index contributed by atoms with van der Waals surface area (Å²) >= 11 is 14.4. The molecule has 2 fully saturated rings. The van der Waals surface area contributed by atoms with Crippen molar-refractivity contribution in [2.24, 2.45) is 0 Å². The van der Waals surface area contributed by atoms with E-state index in [0.717, 1.165) is 5.56 Å². The van der Waals surface area contributed by atoms with Crippen molar-refractivity contribution in [1.29, 1.82) is 0 Å². The first-order chi connectivity index (χ1) is 28.6. The third-order valence-electron chi connectivity index (χ3n) is 10.9. The molecule has 2 saturated heterocycles. The standard InChI is InChI=1S/C43H48Cl2N8O7/c1-43(2,3)60-42(58)53(22-25-13-17-36(55)48-25)34-18-19-51(4)39-30(34)14-15-31(49-39)28-10-6-8-26(37(28)44)27-9-7-11-29(38(27)45)32-20-46-33(40(50-32)59-5)23-52(41(56)57)21-24-12-16-35(54)47-24/h6-11,14-15,20,24-25,34H,12-13,16-19,21-23H2,1-5H3,(H,47,54)(H,48,55)(H,56,57). The number of fused-ring (bicyclic) bond motifs is 1. The number of carboxylic acid groups (broad SMARTS) is 1. The molecule has 0 aliphatic carbocycles. The molecule has 3 atom stereocenters. The second-order valence-corrected chi connectivity index (χ2v) is 17.0. The molecule has 15 nitrogen and oxygen atoms in total. The average Bonchev–Trinajstić information content (AvgIpc) is 3.83. The van der Waals surface area contributed by atoms with Gasteiger partial charge in [-0.25, -0.2) is 19.6 Å². The zero-order chi connectivity index (χ0) is 42.9. The van der Waals surface area contributed by atoms with Gasteiger partial charge < -0.3 is 35.0 Å². The summed E-state index contributed by atoms with van der Waals surface area (Å²) < 4.78 is 11.4. The Morgan fingerprint density at radius 2 is 1.47 bits per heavy atom. The van der Waals surface area contributed by atoms with Gasteiger partial charge in [0.25, 0.3) is 0 Å². The number of aromatic nitrogens is 3. The number of nitrogens with zero attached hydrogens (tertiary/aromatic N) is 6. The molecule has 0 radical (unpaired) electrons. The normalized spacial score (nSPS) is 18.7. The Morgan fingerprint density at radius 3 is 2.03 bits per heavy atom. The summed E-state index contributed by atoms with van der Waals surface area (Å²) in [6.45, 7) is 6.47. The zero-order valence-electron chi connectivity index (χ0n) is 34.1. The lowest BCUT2D eigenvalue weighted by Crippen LogP contribution is -2.47. The summed E-state index contributed by atoms with van der Waals surface area (Å²) in [6.07, 6.45) is 2.54. The largest absolute Gasteiger partial charge is 0.480 e. The van der Waals surface area contributed by atoms with E-state index in [9.17, 15) is 24.3 Å². The third-order valence-corrected chi connectivity index (χ3v) is 11.7. The quantitative estimate of drug-likeness (QED) is 0.137. The summed E-state index contributed by atoms with van der Waals surface area (Å²) in [5.41, 5.74) is 4.05. The first-order valence-corrected chi connectivity index (χ1v) is 20.6. The number of carbonyl (C=O) groups is 4. The molecule has 7 rings (SSSR count). The number of rotatable bonds is 11. The highest BCUT2D eigenvalue weighted by Gasteiger charge is 2.37. The van der Waals surface area contributed by atoms with E-state index in [1.807, 2.05) is 70.3 Å². The van der Waals surface area contributed by atoms with Crippen molar-refractivity contribution < 1.29 is 33.8 Å². The summed E-state index contributed by atoms with van der Waals surface area (Å²) in [5.74, 6) is 0.725. The molecule has 0 saturated carbocycles. The van der Waals surface area contributed by atoms with E-state index in [1.54, 1.807) is 11.0 Å². The van der Waals surface area contributed by atoms with Crippen LogP contribution in [0.25, 0.3) is 33.6 Å². The Labute approximate surface area is 358 Å². The van der Waals surface area contributed by atoms with Crippen LogP contribution in [0.5, 0.6) is 5.88 Å². The molecule has 4 amide bonds. The van der Waals surface area contributed by atoms with Gasteiger partial charge in [0.1, 0.15) is 17.1 Å². The van der Waals surface area contributed by atoms with Crippen LogP contribution >= 0.6 is 23.2 Å². The molecule has 3 aliphatic heterocycles. The lowest BCUT2D eigenvalue weighted by molar-refractivity contribution is -0.120. The molecule has 60 heavy (non-hydrogen) atoms. The van der Waals surface area contributed by atoms with Gasteiger partial charge >= 0.3 is 12.2 Å². The smallest absolute Gasteiger partial charge is 0.410 e. The summed E-state index contributed by atoms with van der Waals surface area (Å²) in [4.78, 5) is 68.9. The average molecular weight is 860 g/mol. The molecular weight excluding hydrogens is 811 g/mol. The maximum absolute atomic E-state index is 13.7. The minimum atomic E-state index is -1.16. The molecule has 3 unspecified atom stereocenters. The van der Waals surface area contributed by atoms with Crippen molar-refractivity contribution in [2.75, 3.05) is 38.7 Å². The fourth-order valence-electron chi connectivity index (χ4n) is 7.92.